The molecule has 2 aliphatic heterocycles. The Morgan fingerprint density at radius 1 is 1.29 bits per heavy atom. The number of nitrogens with one attached hydrogen (secondary N) is 1. The monoisotopic (exact) mass is 391 g/mol. The lowest BCUT2D eigenvalue weighted by Crippen LogP contribution is -2.64. The van der Waals surface area contributed by atoms with E-state index in [-0.39, 0.29) is 30.4 Å². The molecule has 154 valence electrons. The van der Waals surface area contributed by atoms with Crippen LogP contribution in [-0.2, 0) is 20.9 Å². The summed E-state index contributed by atoms with van der Waals surface area (Å²) in [7, 11) is 0. The van der Waals surface area contributed by atoms with Crippen molar-refractivity contribution in [2.24, 2.45) is 0 Å². The van der Waals surface area contributed by atoms with Gasteiger partial charge in [-0.25, -0.2) is 0 Å². The molecule has 2 saturated heterocycles. The first-order valence-electron chi connectivity index (χ1n) is 9.83. The van der Waals surface area contributed by atoms with Gasteiger partial charge in [-0.05, 0) is 19.8 Å². The maximum absolute atomic E-state index is 12.5. The molecule has 2 N–H and O–H groups in total. The summed E-state index contributed by atoms with van der Waals surface area (Å²) in [6.45, 7) is 5.09. The molecule has 0 saturated carbocycles. The van der Waals surface area contributed by atoms with E-state index in [1.54, 1.807) is 35.7 Å². The first-order valence-corrected chi connectivity index (χ1v) is 9.83. The number of carbonyl (C=O) groups excluding carboxylic acids is 2. The second-order valence-corrected chi connectivity index (χ2v) is 8.09. The third-order valence-corrected chi connectivity index (χ3v) is 5.85. The van der Waals surface area contributed by atoms with E-state index in [1.807, 2.05) is 0 Å². The van der Waals surface area contributed by atoms with Gasteiger partial charge in [-0.15, -0.1) is 0 Å². The predicted molar refractivity (Wildman–Crippen MR) is 103 cm³/mol. The predicted octanol–water partition coefficient (Wildman–Crippen LogP) is 0.276. The molecule has 2 atom stereocenters. The minimum Gasteiger partial charge on any atom is -0.388 e. The first kappa shape index (κ1) is 20.5. The number of carbonyl (C=O) groups is 2. The van der Waals surface area contributed by atoms with Crippen molar-refractivity contribution in [3.05, 3.63) is 34.7 Å². The van der Waals surface area contributed by atoms with Crippen LogP contribution in [0, 0.1) is 0 Å². The number of ether oxygens (including phenoxy) is 1. The number of pyridine rings is 1. The highest BCUT2D eigenvalue weighted by molar-refractivity contribution is 5.76. The summed E-state index contributed by atoms with van der Waals surface area (Å²) in [5, 5.41) is 13.7. The fourth-order valence-electron chi connectivity index (χ4n) is 4.05. The van der Waals surface area contributed by atoms with Crippen LogP contribution in [0.3, 0.4) is 0 Å². The summed E-state index contributed by atoms with van der Waals surface area (Å²) < 4.78 is 7.80. The van der Waals surface area contributed by atoms with Gasteiger partial charge in [-0.2, -0.15) is 0 Å². The normalized spacial score (nSPS) is 26.8. The van der Waals surface area contributed by atoms with Crippen LogP contribution in [0.5, 0.6) is 0 Å². The van der Waals surface area contributed by atoms with Gasteiger partial charge in [0.05, 0.1) is 23.9 Å². The van der Waals surface area contributed by atoms with Gasteiger partial charge in [0.25, 0.3) is 0 Å². The van der Waals surface area contributed by atoms with E-state index in [0.717, 1.165) is 0 Å². The van der Waals surface area contributed by atoms with E-state index < -0.39 is 17.2 Å². The third-order valence-electron chi connectivity index (χ3n) is 5.85. The van der Waals surface area contributed by atoms with E-state index >= 15 is 0 Å². The lowest BCUT2D eigenvalue weighted by molar-refractivity contribution is -0.190. The number of aromatic nitrogens is 1. The zero-order valence-electron chi connectivity index (χ0n) is 16.5. The Morgan fingerprint density at radius 2 is 1.93 bits per heavy atom. The molecule has 1 aromatic heterocycles. The average molecular weight is 391 g/mol. The summed E-state index contributed by atoms with van der Waals surface area (Å²) in [5.74, 6) is -0.109. The zero-order chi connectivity index (χ0) is 20.4. The molecule has 8 nitrogen and oxygen atoms in total. The second kappa shape index (κ2) is 8.05. The molecule has 1 spiro atoms. The number of hydrogen-bond donors (Lipinski definition) is 2. The van der Waals surface area contributed by atoms with Crippen LogP contribution in [-0.4, -0.2) is 63.3 Å². The number of nitrogens with zero attached hydrogens (tertiary/aromatic N) is 2. The minimum absolute atomic E-state index is 0.00541. The smallest absolute Gasteiger partial charge is 0.242 e. The Balaban J connectivity index is 1.55. The minimum atomic E-state index is -1.05. The summed E-state index contributed by atoms with van der Waals surface area (Å²) >= 11 is 0. The van der Waals surface area contributed by atoms with Gasteiger partial charge in [0.15, 0.2) is 5.43 Å². The molecular formula is C20H29N3O5. The van der Waals surface area contributed by atoms with Crippen molar-refractivity contribution in [1.29, 1.82) is 0 Å². The SMILES string of the molecule is CCC(=O)N[C@H]1COC2(CCN(C(=O)Cn3ccc(=O)cc3)CC2)C[C@]1(C)O. The molecule has 2 aliphatic rings. The van der Waals surface area contributed by atoms with E-state index in [0.29, 0.717) is 38.8 Å². The third kappa shape index (κ3) is 4.62. The van der Waals surface area contributed by atoms with E-state index in [1.165, 1.54) is 12.1 Å². The largest absolute Gasteiger partial charge is 0.388 e. The fraction of sp³-hybridized carbons (Fsp3) is 0.650. The molecule has 0 radical (unpaired) electrons. The fourth-order valence-corrected chi connectivity index (χ4v) is 4.05. The van der Waals surface area contributed by atoms with Crippen LogP contribution < -0.4 is 10.7 Å². The Bertz CT molecular complexity index is 760. The van der Waals surface area contributed by atoms with Gasteiger partial charge in [0, 0.05) is 50.5 Å². The highest BCUT2D eigenvalue weighted by Crippen LogP contribution is 2.39. The zero-order valence-corrected chi connectivity index (χ0v) is 16.5. The topological polar surface area (TPSA) is 101 Å². The second-order valence-electron chi connectivity index (χ2n) is 8.09. The summed E-state index contributed by atoms with van der Waals surface area (Å²) in [5.41, 5.74) is -1.60. The van der Waals surface area contributed by atoms with Crippen LogP contribution in [0.4, 0.5) is 0 Å². The number of rotatable bonds is 4. The molecule has 2 fully saturated rings. The summed E-state index contributed by atoms with van der Waals surface area (Å²) in [6, 6.07) is 2.44. The lowest BCUT2D eigenvalue weighted by Gasteiger charge is -2.51. The van der Waals surface area contributed by atoms with Gasteiger partial charge < -0.3 is 24.6 Å². The Labute approximate surface area is 164 Å². The van der Waals surface area contributed by atoms with Crippen molar-refractivity contribution in [2.45, 2.75) is 63.3 Å². The molecule has 2 amide bonds. The number of hydrogen-bond acceptors (Lipinski definition) is 5. The Morgan fingerprint density at radius 3 is 2.50 bits per heavy atom. The number of aliphatic hydroxyl groups is 1. The molecule has 3 heterocycles. The van der Waals surface area contributed by atoms with Gasteiger partial charge >= 0.3 is 0 Å². The van der Waals surface area contributed by atoms with E-state index in [2.05, 4.69) is 5.32 Å². The molecule has 3 rings (SSSR count). The van der Waals surface area contributed by atoms with E-state index in [4.69, 9.17) is 4.74 Å². The summed E-state index contributed by atoms with van der Waals surface area (Å²) in [4.78, 5) is 37.2. The number of amides is 2. The molecule has 8 heteroatoms. The van der Waals surface area contributed by atoms with Crippen LogP contribution in [0.15, 0.2) is 29.3 Å². The summed E-state index contributed by atoms with van der Waals surface area (Å²) in [6.07, 6.45) is 5.30. The molecule has 0 aliphatic carbocycles. The van der Waals surface area contributed by atoms with Crippen molar-refractivity contribution in [2.75, 3.05) is 19.7 Å². The van der Waals surface area contributed by atoms with Crippen molar-refractivity contribution in [3.63, 3.8) is 0 Å². The maximum atomic E-state index is 12.5. The molecule has 0 unspecified atom stereocenters. The number of piperidine rings is 1. The standard InChI is InChI=1S/C20H29N3O5/c1-3-17(25)21-16-13-28-20(14-19(16,2)27)6-10-23(11-7-20)18(26)12-22-8-4-15(24)5-9-22/h4-5,8-9,16,27H,3,6-7,10-14H2,1-2H3,(H,21,25)/t16-,19-/m0/s1. The lowest BCUT2D eigenvalue weighted by atomic mass is 9.75. The van der Waals surface area contributed by atoms with Gasteiger partial charge in [-0.3, -0.25) is 14.4 Å². The van der Waals surface area contributed by atoms with Gasteiger partial charge in [-0.1, -0.05) is 6.92 Å². The molecule has 1 aromatic rings. The van der Waals surface area contributed by atoms with Gasteiger partial charge in [0.1, 0.15) is 6.54 Å². The highest BCUT2D eigenvalue weighted by atomic mass is 16.5. The Kier molecular flexibility index (Phi) is 5.90. The quantitative estimate of drug-likeness (QED) is 0.768. The molecular weight excluding hydrogens is 362 g/mol. The van der Waals surface area contributed by atoms with Crippen LogP contribution in [0.25, 0.3) is 0 Å². The van der Waals surface area contributed by atoms with Gasteiger partial charge in [0.2, 0.25) is 11.8 Å². The van der Waals surface area contributed by atoms with Crippen LogP contribution in [0.2, 0.25) is 0 Å². The van der Waals surface area contributed by atoms with E-state index in [9.17, 15) is 19.5 Å². The highest BCUT2D eigenvalue weighted by Gasteiger charge is 2.49. The van der Waals surface area contributed by atoms with Crippen LogP contribution >= 0.6 is 0 Å². The van der Waals surface area contributed by atoms with Crippen molar-refractivity contribution in [3.8, 4) is 0 Å². The van der Waals surface area contributed by atoms with Crippen molar-refractivity contribution >= 4 is 11.8 Å². The average Bonchev–Trinajstić information content (AvgIpc) is 2.66. The number of likely N-dealkylation sites (tertiary alicyclic amines) is 1. The van der Waals surface area contributed by atoms with Crippen LogP contribution in [0.1, 0.15) is 39.5 Å². The first-order chi connectivity index (χ1) is 13.2. The molecule has 0 aromatic carbocycles. The van der Waals surface area contributed by atoms with Crippen molar-refractivity contribution in [1.82, 2.24) is 14.8 Å². The maximum Gasteiger partial charge on any atom is 0.242 e. The molecule has 28 heavy (non-hydrogen) atoms. The Hall–Kier alpha value is -2.19. The molecule has 0 bridgehead atoms. The van der Waals surface area contributed by atoms with Crippen molar-refractivity contribution < 1.29 is 19.4 Å².